The van der Waals surface area contributed by atoms with Crippen molar-refractivity contribution in [2.75, 3.05) is 25.1 Å². The number of hydrogen-bond donors (Lipinski definition) is 4. The highest BCUT2D eigenvalue weighted by molar-refractivity contribution is 7.82. The Morgan fingerprint density at radius 3 is 1.72 bits per heavy atom. The molecule has 4 nitrogen and oxygen atoms in total. The van der Waals surface area contributed by atoms with E-state index in [1.807, 2.05) is 60.3 Å². The SMILES string of the molecule is CC.CC.CC.CC(CS)C(=O)N1CCCC1C.CCNC(=O)C(C)(C)S.CS. The molecule has 1 aliphatic heterocycles. The van der Waals surface area contributed by atoms with Gasteiger partial charge >= 0.3 is 0 Å². The lowest BCUT2D eigenvalue weighted by Gasteiger charge is -2.24. The molecule has 0 aromatic carbocycles. The minimum Gasteiger partial charge on any atom is -0.355 e. The first kappa shape index (κ1) is 39.5. The van der Waals surface area contributed by atoms with Crippen molar-refractivity contribution < 1.29 is 9.59 Å². The molecular weight excluding hydrogens is 420 g/mol. The second-order valence-electron chi connectivity index (χ2n) is 6.02. The predicted octanol–water partition coefficient (Wildman–Crippen LogP) is 6.02. The molecule has 0 aromatic heterocycles. The van der Waals surface area contributed by atoms with Gasteiger partial charge in [-0.3, -0.25) is 9.59 Å². The van der Waals surface area contributed by atoms with Crippen LogP contribution in [0.5, 0.6) is 0 Å². The van der Waals surface area contributed by atoms with Crippen LogP contribution in [0.1, 0.15) is 89.0 Å². The molecule has 1 fully saturated rings. The number of hydrogen-bond acceptors (Lipinski definition) is 5. The maximum absolute atomic E-state index is 11.7. The lowest BCUT2D eigenvalue weighted by molar-refractivity contribution is -0.134. The van der Waals surface area contributed by atoms with Gasteiger partial charge in [-0.05, 0) is 46.8 Å². The van der Waals surface area contributed by atoms with Crippen LogP contribution in [0.25, 0.3) is 0 Å². The second-order valence-corrected chi connectivity index (χ2v) is 7.51. The van der Waals surface area contributed by atoms with E-state index in [0.29, 0.717) is 18.3 Å². The molecule has 7 heteroatoms. The number of likely N-dealkylation sites (tertiary alicyclic amines) is 1. The molecule has 1 N–H and O–H groups in total. The van der Waals surface area contributed by atoms with Crippen molar-refractivity contribution in [3.63, 3.8) is 0 Å². The maximum Gasteiger partial charge on any atom is 0.235 e. The summed E-state index contributed by atoms with van der Waals surface area (Å²) in [5.74, 6) is 0.986. The zero-order valence-electron chi connectivity index (χ0n) is 21.3. The largest absolute Gasteiger partial charge is 0.355 e. The van der Waals surface area contributed by atoms with E-state index in [1.165, 1.54) is 0 Å². The van der Waals surface area contributed by atoms with Gasteiger partial charge in [-0.2, -0.15) is 37.9 Å². The van der Waals surface area contributed by atoms with Crippen molar-refractivity contribution in [1.29, 1.82) is 0 Å². The summed E-state index contributed by atoms with van der Waals surface area (Å²) in [4.78, 5) is 24.5. The second kappa shape index (κ2) is 28.0. The van der Waals surface area contributed by atoms with Crippen LogP contribution in [0.4, 0.5) is 0 Å². The molecule has 29 heavy (non-hydrogen) atoms. The smallest absolute Gasteiger partial charge is 0.235 e. The van der Waals surface area contributed by atoms with E-state index in [1.54, 1.807) is 20.1 Å². The normalized spacial score (nSPS) is 15.0. The van der Waals surface area contributed by atoms with Crippen molar-refractivity contribution in [2.45, 2.75) is 99.8 Å². The van der Waals surface area contributed by atoms with E-state index < -0.39 is 4.75 Å². The number of rotatable bonds is 4. The topological polar surface area (TPSA) is 49.4 Å². The summed E-state index contributed by atoms with van der Waals surface area (Å²) >= 11 is 11.7. The number of nitrogens with zero attached hydrogens (tertiary/aromatic N) is 1. The van der Waals surface area contributed by atoms with Gasteiger partial charge in [-0.1, -0.05) is 48.5 Å². The maximum atomic E-state index is 11.7. The minimum absolute atomic E-state index is 0.0201. The quantitative estimate of drug-likeness (QED) is 0.378. The van der Waals surface area contributed by atoms with Crippen LogP contribution in [0.2, 0.25) is 0 Å². The molecule has 1 aliphatic rings. The van der Waals surface area contributed by atoms with Crippen molar-refractivity contribution in [1.82, 2.24) is 10.2 Å². The van der Waals surface area contributed by atoms with Crippen LogP contribution in [0.15, 0.2) is 0 Å². The molecular formula is C22H52N2O2S3. The molecule has 0 spiro atoms. The summed E-state index contributed by atoms with van der Waals surface area (Å²) in [5, 5.41) is 2.67. The van der Waals surface area contributed by atoms with Gasteiger partial charge in [0.15, 0.2) is 0 Å². The van der Waals surface area contributed by atoms with E-state index >= 15 is 0 Å². The van der Waals surface area contributed by atoms with Crippen molar-refractivity contribution in [3.05, 3.63) is 0 Å². The van der Waals surface area contributed by atoms with Crippen LogP contribution in [0.3, 0.4) is 0 Å². The summed E-state index contributed by atoms with van der Waals surface area (Å²) in [5.41, 5.74) is 0. The summed E-state index contributed by atoms with van der Waals surface area (Å²) in [6.07, 6.45) is 4.01. The summed E-state index contributed by atoms with van der Waals surface area (Å²) in [6, 6.07) is 0.444. The average Bonchev–Trinajstić information content (AvgIpc) is 3.18. The van der Waals surface area contributed by atoms with Crippen LogP contribution in [-0.4, -0.2) is 52.6 Å². The Kier molecular flexibility index (Phi) is 38.1. The predicted molar refractivity (Wildman–Crippen MR) is 144 cm³/mol. The third-order valence-corrected chi connectivity index (χ3v) is 4.18. The number of nitrogens with one attached hydrogen (secondary N) is 1. The van der Waals surface area contributed by atoms with Gasteiger partial charge in [0.1, 0.15) is 0 Å². The van der Waals surface area contributed by atoms with Crippen molar-refractivity contribution in [2.24, 2.45) is 5.92 Å². The van der Waals surface area contributed by atoms with Gasteiger partial charge in [0.25, 0.3) is 0 Å². The molecule has 0 saturated carbocycles. The molecule has 1 heterocycles. The zero-order valence-corrected chi connectivity index (χ0v) is 24.0. The Balaban J connectivity index is -0.000000100. The van der Waals surface area contributed by atoms with Crippen LogP contribution in [-0.2, 0) is 9.59 Å². The third-order valence-electron chi connectivity index (χ3n) is 3.42. The fourth-order valence-corrected chi connectivity index (χ4v) is 2.23. The number of carbonyl (C=O) groups is 2. The first-order chi connectivity index (χ1) is 13.6. The lowest BCUT2D eigenvalue weighted by Crippen LogP contribution is -2.37. The van der Waals surface area contributed by atoms with E-state index in [9.17, 15) is 9.59 Å². The minimum atomic E-state index is -0.546. The number of carbonyl (C=O) groups excluding carboxylic acids is 2. The zero-order chi connectivity index (χ0) is 24.6. The molecule has 2 unspecified atom stereocenters. The standard InChI is InChI=1S/C9H17NOS.C6H13NOS.3C2H6.CH4S/c1-7(6-12)9(11)10-5-3-4-8(10)2;1-4-7-5(8)6(2,3)9;4*1-2/h7-8,12H,3-6H2,1-2H3;9H,4H2,1-3H3,(H,7,8);3*1-2H3;2H,1H3. The Morgan fingerprint density at radius 1 is 1.10 bits per heavy atom. The van der Waals surface area contributed by atoms with Crippen LogP contribution >= 0.6 is 37.9 Å². The van der Waals surface area contributed by atoms with E-state index in [4.69, 9.17) is 0 Å². The number of amides is 2. The summed E-state index contributed by atoms with van der Waals surface area (Å²) < 4.78 is -0.546. The van der Waals surface area contributed by atoms with Gasteiger partial charge in [-0.15, -0.1) is 0 Å². The fraction of sp³-hybridized carbons (Fsp3) is 0.909. The van der Waals surface area contributed by atoms with Gasteiger partial charge in [-0.25, -0.2) is 0 Å². The Hall–Kier alpha value is -0.0100. The van der Waals surface area contributed by atoms with E-state index in [0.717, 1.165) is 19.4 Å². The van der Waals surface area contributed by atoms with Gasteiger partial charge < -0.3 is 10.2 Å². The first-order valence-electron chi connectivity index (χ1n) is 11.0. The van der Waals surface area contributed by atoms with Crippen molar-refractivity contribution in [3.8, 4) is 0 Å². The molecule has 2 atom stereocenters. The highest BCUT2D eigenvalue weighted by Crippen LogP contribution is 2.19. The first-order valence-corrected chi connectivity index (χ1v) is 13.0. The summed E-state index contributed by atoms with van der Waals surface area (Å²) in [6.45, 7) is 23.1. The monoisotopic (exact) mass is 472 g/mol. The molecule has 0 aliphatic carbocycles. The molecule has 1 rings (SSSR count). The fourth-order valence-electron chi connectivity index (χ4n) is 2.00. The lowest BCUT2D eigenvalue weighted by atomic mass is 10.1. The van der Waals surface area contributed by atoms with Gasteiger partial charge in [0, 0.05) is 30.8 Å². The Labute approximate surface area is 200 Å². The molecule has 0 bridgehead atoms. The molecule has 2 amide bonds. The van der Waals surface area contributed by atoms with Gasteiger partial charge in [0.2, 0.25) is 11.8 Å². The molecule has 0 radical (unpaired) electrons. The molecule has 0 aromatic rings. The molecule has 1 saturated heterocycles. The van der Waals surface area contributed by atoms with Crippen LogP contribution < -0.4 is 5.32 Å². The average molecular weight is 473 g/mol. The number of thiol groups is 3. The third kappa shape index (κ3) is 22.5. The van der Waals surface area contributed by atoms with Crippen molar-refractivity contribution >= 4 is 49.7 Å². The van der Waals surface area contributed by atoms with Gasteiger partial charge in [0.05, 0.1) is 4.75 Å². The molecule has 180 valence electrons. The van der Waals surface area contributed by atoms with E-state index in [-0.39, 0.29) is 17.7 Å². The highest BCUT2D eigenvalue weighted by atomic mass is 32.1. The Morgan fingerprint density at radius 2 is 1.52 bits per heavy atom. The summed E-state index contributed by atoms with van der Waals surface area (Å²) in [7, 11) is 0. The van der Waals surface area contributed by atoms with E-state index in [2.05, 4.69) is 50.1 Å². The highest BCUT2D eigenvalue weighted by Gasteiger charge is 2.27. The van der Waals surface area contributed by atoms with Crippen LogP contribution in [0, 0.1) is 5.92 Å². The Bertz CT molecular complexity index is 349.